The van der Waals surface area contributed by atoms with Crippen LogP contribution in [0, 0.1) is 0 Å². The second-order valence-corrected chi connectivity index (χ2v) is 4.21. The summed E-state index contributed by atoms with van der Waals surface area (Å²) in [6, 6.07) is 0. The molecule has 1 unspecified atom stereocenters. The van der Waals surface area contributed by atoms with Crippen LogP contribution in [0.2, 0.25) is 0 Å². The fourth-order valence-corrected chi connectivity index (χ4v) is 1.57. The second kappa shape index (κ2) is 6.86. The zero-order valence-corrected chi connectivity index (χ0v) is 10.1. The van der Waals surface area contributed by atoms with Crippen molar-refractivity contribution in [1.29, 1.82) is 0 Å². The molecule has 0 amide bonds. The molecular weight excluding hydrogens is 176 g/mol. The first-order valence-corrected chi connectivity index (χ1v) is 5.73. The smallest absolute Gasteiger partial charge is 0.303 e. The Morgan fingerprint density at radius 2 is 1.86 bits per heavy atom. The molecule has 1 atom stereocenters. The van der Waals surface area contributed by atoms with Gasteiger partial charge >= 0.3 is 5.97 Å². The van der Waals surface area contributed by atoms with Crippen molar-refractivity contribution in [3.63, 3.8) is 0 Å². The summed E-state index contributed by atoms with van der Waals surface area (Å²) in [7, 11) is 0. The van der Waals surface area contributed by atoms with Gasteiger partial charge in [0, 0.05) is 6.92 Å². The van der Waals surface area contributed by atoms with E-state index in [2.05, 4.69) is 13.8 Å². The third kappa shape index (κ3) is 6.01. The van der Waals surface area contributed by atoms with Gasteiger partial charge in [-0.3, -0.25) is 4.79 Å². The van der Waals surface area contributed by atoms with E-state index in [-0.39, 0.29) is 11.6 Å². The number of unbranched alkanes of at least 4 members (excludes halogenated alkanes) is 3. The van der Waals surface area contributed by atoms with Crippen LogP contribution in [-0.4, -0.2) is 11.6 Å². The van der Waals surface area contributed by atoms with Crippen LogP contribution in [0.1, 0.15) is 66.2 Å². The van der Waals surface area contributed by atoms with Crippen molar-refractivity contribution in [3.8, 4) is 0 Å². The van der Waals surface area contributed by atoms with E-state index >= 15 is 0 Å². The van der Waals surface area contributed by atoms with Gasteiger partial charge in [-0.1, -0.05) is 33.1 Å². The molecule has 0 rings (SSSR count). The van der Waals surface area contributed by atoms with E-state index in [0.717, 1.165) is 19.3 Å². The Balaban J connectivity index is 3.80. The Labute approximate surface area is 88.0 Å². The third-order valence-electron chi connectivity index (χ3n) is 2.70. The maximum Gasteiger partial charge on any atom is 0.303 e. The zero-order chi connectivity index (χ0) is 11.0. The summed E-state index contributed by atoms with van der Waals surface area (Å²) in [5.41, 5.74) is -0.237. The number of esters is 1. The molecule has 2 heteroatoms. The van der Waals surface area contributed by atoms with Gasteiger partial charge in [-0.15, -0.1) is 0 Å². The average molecular weight is 200 g/mol. The Morgan fingerprint density at radius 1 is 1.21 bits per heavy atom. The number of rotatable bonds is 7. The van der Waals surface area contributed by atoms with Crippen molar-refractivity contribution in [3.05, 3.63) is 0 Å². The van der Waals surface area contributed by atoms with Crippen molar-refractivity contribution < 1.29 is 9.53 Å². The Morgan fingerprint density at radius 3 is 2.29 bits per heavy atom. The zero-order valence-electron chi connectivity index (χ0n) is 10.1. The lowest BCUT2D eigenvalue weighted by atomic mass is 9.95. The molecule has 0 spiro atoms. The minimum Gasteiger partial charge on any atom is -0.460 e. The van der Waals surface area contributed by atoms with Gasteiger partial charge in [0.25, 0.3) is 0 Å². The fraction of sp³-hybridized carbons (Fsp3) is 0.917. The lowest BCUT2D eigenvalue weighted by molar-refractivity contribution is -0.156. The Bertz CT molecular complexity index is 166. The molecule has 0 aromatic carbocycles. The van der Waals surface area contributed by atoms with Crippen molar-refractivity contribution >= 4 is 5.97 Å². The summed E-state index contributed by atoms with van der Waals surface area (Å²) in [4.78, 5) is 10.9. The van der Waals surface area contributed by atoms with E-state index in [0.29, 0.717) is 0 Å². The molecular formula is C12H24O2. The van der Waals surface area contributed by atoms with Crippen LogP contribution in [0.25, 0.3) is 0 Å². The van der Waals surface area contributed by atoms with Crippen LogP contribution in [0.15, 0.2) is 0 Å². The highest BCUT2D eigenvalue weighted by molar-refractivity contribution is 5.66. The highest BCUT2D eigenvalue weighted by Crippen LogP contribution is 2.23. The standard InChI is InChI=1S/C12H24O2/c1-5-7-8-9-10-12(4,6-2)14-11(3)13/h5-10H2,1-4H3. The Hall–Kier alpha value is -0.530. The molecule has 0 bridgehead atoms. The molecule has 0 fully saturated rings. The van der Waals surface area contributed by atoms with Gasteiger partial charge in [0.05, 0.1) is 0 Å². The van der Waals surface area contributed by atoms with Gasteiger partial charge in [-0.25, -0.2) is 0 Å². The molecule has 0 saturated heterocycles. The maximum absolute atomic E-state index is 10.9. The van der Waals surface area contributed by atoms with Crippen LogP contribution in [0.4, 0.5) is 0 Å². The first-order valence-electron chi connectivity index (χ1n) is 5.73. The predicted molar refractivity (Wildman–Crippen MR) is 59.2 cm³/mol. The minimum atomic E-state index is -0.237. The lowest BCUT2D eigenvalue weighted by Gasteiger charge is -2.27. The maximum atomic E-state index is 10.9. The van der Waals surface area contributed by atoms with Gasteiger partial charge < -0.3 is 4.74 Å². The van der Waals surface area contributed by atoms with Gasteiger partial charge in [0.1, 0.15) is 5.60 Å². The van der Waals surface area contributed by atoms with Gasteiger partial charge in [-0.2, -0.15) is 0 Å². The molecule has 0 radical (unpaired) electrons. The molecule has 14 heavy (non-hydrogen) atoms. The SMILES string of the molecule is CCCCCCC(C)(CC)OC(C)=O. The second-order valence-electron chi connectivity index (χ2n) is 4.21. The number of ether oxygens (including phenoxy) is 1. The minimum absolute atomic E-state index is 0.162. The molecule has 0 aliphatic carbocycles. The van der Waals surface area contributed by atoms with Crippen molar-refractivity contribution in [2.45, 2.75) is 71.8 Å². The predicted octanol–water partition coefficient (Wildman–Crippen LogP) is 3.69. The van der Waals surface area contributed by atoms with Crippen LogP contribution in [0.3, 0.4) is 0 Å². The summed E-state index contributed by atoms with van der Waals surface area (Å²) in [6.07, 6.45) is 6.82. The average Bonchev–Trinajstić information content (AvgIpc) is 2.11. The lowest BCUT2D eigenvalue weighted by Crippen LogP contribution is -2.29. The first kappa shape index (κ1) is 13.5. The first-order chi connectivity index (χ1) is 6.54. The summed E-state index contributed by atoms with van der Waals surface area (Å²) in [5.74, 6) is -0.162. The van der Waals surface area contributed by atoms with Crippen LogP contribution in [0.5, 0.6) is 0 Å². The number of hydrogen-bond donors (Lipinski definition) is 0. The number of carbonyl (C=O) groups excluding carboxylic acids is 1. The van der Waals surface area contributed by atoms with E-state index in [1.54, 1.807) is 0 Å². The van der Waals surface area contributed by atoms with E-state index in [1.165, 1.54) is 26.2 Å². The fourth-order valence-electron chi connectivity index (χ4n) is 1.57. The summed E-state index contributed by atoms with van der Waals surface area (Å²) in [6.45, 7) is 7.79. The van der Waals surface area contributed by atoms with Crippen LogP contribution < -0.4 is 0 Å². The number of carbonyl (C=O) groups is 1. The van der Waals surface area contributed by atoms with E-state index in [9.17, 15) is 4.79 Å². The molecule has 0 saturated carbocycles. The molecule has 0 aliphatic heterocycles. The van der Waals surface area contributed by atoms with Crippen molar-refractivity contribution in [2.75, 3.05) is 0 Å². The van der Waals surface area contributed by atoms with Crippen molar-refractivity contribution in [1.82, 2.24) is 0 Å². The highest BCUT2D eigenvalue weighted by atomic mass is 16.6. The molecule has 0 aromatic rings. The normalized spacial score (nSPS) is 14.9. The summed E-state index contributed by atoms with van der Waals surface area (Å²) in [5, 5.41) is 0. The topological polar surface area (TPSA) is 26.3 Å². The molecule has 0 aliphatic rings. The van der Waals surface area contributed by atoms with Gasteiger partial charge in [0.2, 0.25) is 0 Å². The van der Waals surface area contributed by atoms with Crippen molar-refractivity contribution in [2.24, 2.45) is 0 Å². The quantitative estimate of drug-likeness (QED) is 0.463. The van der Waals surface area contributed by atoms with E-state index < -0.39 is 0 Å². The Kier molecular flexibility index (Phi) is 6.60. The molecule has 0 heterocycles. The molecule has 2 nitrogen and oxygen atoms in total. The molecule has 84 valence electrons. The van der Waals surface area contributed by atoms with E-state index in [4.69, 9.17) is 4.74 Å². The molecule has 0 N–H and O–H groups in total. The number of hydrogen-bond acceptors (Lipinski definition) is 2. The van der Waals surface area contributed by atoms with E-state index in [1.807, 2.05) is 6.92 Å². The summed E-state index contributed by atoms with van der Waals surface area (Å²) >= 11 is 0. The van der Waals surface area contributed by atoms with Crippen LogP contribution in [-0.2, 0) is 9.53 Å². The monoisotopic (exact) mass is 200 g/mol. The highest BCUT2D eigenvalue weighted by Gasteiger charge is 2.24. The van der Waals surface area contributed by atoms with Gasteiger partial charge in [0.15, 0.2) is 0 Å². The van der Waals surface area contributed by atoms with Gasteiger partial charge in [-0.05, 0) is 26.2 Å². The van der Waals surface area contributed by atoms with Crippen LogP contribution >= 0.6 is 0 Å². The largest absolute Gasteiger partial charge is 0.460 e. The molecule has 0 aromatic heterocycles. The third-order valence-corrected chi connectivity index (χ3v) is 2.70. The summed E-state index contributed by atoms with van der Waals surface area (Å²) < 4.78 is 5.33.